The summed E-state index contributed by atoms with van der Waals surface area (Å²) in [6, 6.07) is 14.7. The molecular formula is C22H21ClN2O4. The van der Waals surface area contributed by atoms with Crippen LogP contribution in [-0.4, -0.2) is 32.9 Å². The van der Waals surface area contributed by atoms with E-state index in [-0.39, 0.29) is 0 Å². The van der Waals surface area contributed by atoms with Crippen LogP contribution in [0.15, 0.2) is 53.6 Å². The molecule has 1 N–H and O–H groups in total. The van der Waals surface area contributed by atoms with Crippen molar-refractivity contribution in [2.45, 2.75) is 6.92 Å². The Morgan fingerprint density at radius 3 is 2.38 bits per heavy atom. The highest BCUT2D eigenvalue weighted by Gasteiger charge is 2.14. The largest absolute Gasteiger partial charge is 0.496 e. The van der Waals surface area contributed by atoms with E-state index in [0.29, 0.717) is 40.0 Å². The molecule has 0 aromatic heterocycles. The molecule has 6 nitrogen and oxygen atoms in total. The highest BCUT2D eigenvalue weighted by molar-refractivity contribution is 6.33. The van der Waals surface area contributed by atoms with E-state index in [1.165, 1.54) is 13.3 Å². The van der Waals surface area contributed by atoms with Gasteiger partial charge in [-0.05, 0) is 35.9 Å². The topological polar surface area (TPSA) is 69.2 Å². The summed E-state index contributed by atoms with van der Waals surface area (Å²) in [7, 11) is 3.07. The lowest BCUT2D eigenvalue weighted by Gasteiger charge is -2.11. The van der Waals surface area contributed by atoms with Crippen LogP contribution in [0.25, 0.3) is 10.8 Å². The Bertz CT molecular complexity index is 1070. The Morgan fingerprint density at radius 1 is 1.03 bits per heavy atom. The summed E-state index contributed by atoms with van der Waals surface area (Å²) in [6.45, 7) is 2.35. The van der Waals surface area contributed by atoms with Crippen molar-refractivity contribution in [3.05, 3.63) is 64.7 Å². The first-order valence-electron chi connectivity index (χ1n) is 8.97. The molecule has 0 saturated carbocycles. The van der Waals surface area contributed by atoms with Crippen molar-refractivity contribution in [1.29, 1.82) is 0 Å². The summed E-state index contributed by atoms with van der Waals surface area (Å²) < 4.78 is 16.2. The van der Waals surface area contributed by atoms with Crippen LogP contribution in [0.4, 0.5) is 0 Å². The van der Waals surface area contributed by atoms with E-state index in [2.05, 4.69) is 10.5 Å². The lowest BCUT2D eigenvalue weighted by atomic mass is 10.1. The quantitative estimate of drug-likeness (QED) is 0.452. The van der Waals surface area contributed by atoms with Gasteiger partial charge in [-0.3, -0.25) is 4.79 Å². The van der Waals surface area contributed by atoms with Gasteiger partial charge in [0.05, 0.1) is 37.6 Å². The molecule has 0 bridgehead atoms. The van der Waals surface area contributed by atoms with E-state index in [1.54, 1.807) is 25.3 Å². The average Bonchev–Trinajstić information content (AvgIpc) is 2.74. The summed E-state index contributed by atoms with van der Waals surface area (Å²) >= 11 is 6.27. The predicted molar refractivity (Wildman–Crippen MR) is 115 cm³/mol. The van der Waals surface area contributed by atoms with Gasteiger partial charge in [-0.2, -0.15) is 5.10 Å². The number of hydrogen-bond acceptors (Lipinski definition) is 5. The maximum atomic E-state index is 12.6. The van der Waals surface area contributed by atoms with Crippen molar-refractivity contribution in [3.8, 4) is 17.2 Å². The van der Waals surface area contributed by atoms with Crippen LogP contribution < -0.4 is 19.6 Å². The van der Waals surface area contributed by atoms with Gasteiger partial charge < -0.3 is 14.2 Å². The first-order valence-corrected chi connectivity index (χ1v) is 9.35. The molecule has 0 heterocycles. The number of nitrogens with zero attached hydrogens (tertiary/aromatic N) is 1. The number of methoxy groups -OCH3 is 2. The Labute approximate surface area is 174 Å². The van der Waals surface area contributed by atoms with E-state index < -0.39 is 5.91 Å². The molecule has 0 atom stereocenters. The molecule has 0 radical (unpaired) electrons. The summed E-state index contributed by atoms with van der Waals surface area (Å²) in [5.74, 6) is 1.15. The zero-order valence-corrected chi connectivity index (χ0v) is 17.1. The van der Waals surface area contributed by atoms with Crippen molar-refractivity contribution in [3.63, 3.8) is 0 Å². The van der Waals surface area contributed by atoms with Gasteiger partial charge in [-0.15, -0.1) is 0 Å². The number of hydrogen-bond donors (Lipinski definition) is 1. The van der Waals surface area contributed by atoms with Crippen LogP contribution in [0.2, 0.25) is 5.02 Å². The van der Waals surface area contributed by atoms with Crippen molar-refractivity contribution >= 4 is 34.5 Å². The van der Waals surface area contributed by atoms with E-state index in [4.69, 9.17) is 25.8 Å². The molecule has 0 unspecified atom stereocenters. The van der Waals surface area contributed by atoms with Crippen LogP contribution >= 0.6 is 11.6 Å². The Kier molecular flexibility index (Phi) is 6.57. The molecular weight excluding hydrogens is 392 g/mol. The SMILES string of the molecule is CCOc1cc(/C=N\NC(=O)c2cc3ccccc3cc2OC)c(Cl)cc1OC. The molecule has 0 aliphatic rings. The van der Waals surface area contributed by atoms with Crippen molar-refractivity contribution in [1.82, 2.24) is 5.43 Å². The minimum atomic E-state index is -0.390. The van der Waals surface area contributed by atoms with E-state index in [0.717, 1.165) is 10.8 Å². The maximum Gasteiger partial charge on any atom is 0.275 e. The number of benzene rings is 3. The monoisotopic (exact) mass is 412 g/mol. The van der Waals surface area contributed by atoms with E-state index in [1.807, 2.05) is 37.3 Å². The summed E-state index contributed by atoms with van der Waals surface area (Å²) in [4.78, 5) is 12.6. The van der Waals surface area contributed by atoms with Crippen LogP contribution in [0.1, 0.15) is 22.8 Å². The molecule has 3 aromatic carbocycles. The molecule has 0 spiro atoms. The van der Waals surface area contributed by atoms with Crippen molar-refractivity contribution < 1.29 is 19.0 Å². The molecule has 3 rings (SSSR count). The maximum absolute atomic E-state index is 12.6. The third kappa shape index (κ3) is 4.60. The Balaban J connectivity index is 1.83. The number of carbonyl (C=O) groups is 1. The molecule has 7 heteroatoms. The summed E-state index contributed by atoms with van der Waals surface area (Å²) in [6.07, 6.45) is 1.45. The smallest absolute Gasteiger partial charge is 0.275 e. The third-order valence-electron chi connectivity index (χ3n) is 4.26. The number of fused-ring (bicyclic) bond motifs is 1. The summed E-state index contributed by atoms with van der Waals surface area (Å²) in [5, 5.41) is 6.37. The van der Waals surface area contributed by atoms with Crippen LogP contribution in [0.3, 0.4) is 0 Å². The summed E-state index contributed by atoms with van der Waals surface area (Å²) in [5.41, 5.74) is 3.49. The zero-order valence-electron chi connectivity index (χ0n) is 16.4. The van der Waals surface area contributed by atoms with Gasteiger partial charge in [0, 0.05) is 11.6 Å². The van der Waals surface area contributed by atoms with Crippen LogP contribution in [0.5, 0.6) is 17.2 Å². The number of amides is 1. The highest BCUT2D eigenvalue weighted by atomic mass is 35.5. The highest BCUT2D eigenvalue weighted by Crippen LogP contribution is 2.32. The minimum absolute atomic E-state index is 0.388. The van der Waals surface area contributed by atoms with Crippen molar-refractivity contribution in [2.24, 2.45) is 5.10 Å². The number of halogens is 1. The molecule has 0 aliphatic carbocycles. The lowest BCUT2D eigenvalue weighted by molar-refractivity contribution is 0.0952. The first kappa shape index (κ1) is 20.5. The average molecular weight is 413 g/mol. The van der Waals surface area contributed by atoms with Crippen LogP contribution in [-0.2, 0) is 0 Å². The normalized spacial score (nSPS) is 10.9. The van der Waals surface area contributed by atoms with Crippen molar-refractivity contribution in [2.75, 3.05) is 20.8 Å². The Morgan fingerprint density at radius 2 is 1.72 bits per heavy atom. The number of rotatable bonds is 7. The fourth-order valence-corrected chi connectivity index (χ4v) is 3.07. The number of nitrogens with one attached hydrogen (secondary N) is 1. The van der Waals surface area contributed by atoms with Crippen LogP contribution in [0, 0.1) is 0 Å². The van der Waals surface area contributed by atoms with Gasteiger partial charge in [0.2, 0.25) is 0 Å². The fourth-order valence-electron chi connectivity index (χ4n) is 2.86. The molecule has 0 fully saturated rings. The molecule has 29 heavy (non-hydrogen) atoms. The molecule has 0 saturated heterocycles. The molecule has 150 valence electrons. The van der Waals surface area contributed by atoms with Gasteiger partial charge in [-0.25, -0.2) is 5.43 Å². The van der Waals surface area contributed by atoms with Gasteiger partial charge in [0.25, 0.3) is 5.91 Å². The standard InChI is InChI=1S/C22H21ClN2O4/c1-4-29-21-11-16(18(23)12-20(21)28-3)13-24-25-22(26)17-9-14-7-5-6-8-15(14)10-19(17)27-2/h5-13H,4H2,1-3H3,(H,25,26)/b24-13-. The second-order valence-electron chi connectivity index (χ2n) is 6.06. The Hall–Kier alpha value is -3.25. The minimum Gasteiger partial charge on any atom is -0.496 e. The molecule has 0 aliphatic heterocycles. The van der Waals surface area contributed by atoms with Gasteiger partial charge in [0.1, 0.15) is 5.75 Å². The van der Waals surface area contributed by atoms with Gasteiger partial charge >= 0.3 is 0 Å². The third-order valence-corrected chi connectivity index (χ3v) is 4.59. The lowest BCUT2D eigenvalue weighted by Crippen LogP contribution is -2.18. The van der Waals surface area contributed by atoms with Gasteiger partial charge in [-0.1, -0.05) is 35.9 Å². The number of carbonyl (C=O) groups excluding carboxylic acids is 1. The number of hydrazone groups is 1. The number of ether oxygens (including phenoxy) is 3. The zero-order chi connectivity index (χ0) is 20.8. The second kappa shape index (κ2) is 9.30. The first-order chi connectivity index (χ1) is 14.1. The predicted octanol–water partition coefficient (Wildman–Crippen LogP) is 4.67. The van der Waals surface area contributed by atoms with E-state index in [9.17, 15) is 4.79 Å². The van der Waals surface area contributed by atoms with Gasteiger partial charge in [0.15, 0.2) is 11.5 Å². The molecule has 3 aromatic rings. The second-order valence-corrected chi connectivity index (χ2v) is 6.46. The van der Waals surface area contributed by atoms with E-state index >= 15 is 0 Å². The fraction of sp³-hybridized carbons (Fsp3) is 0.182. The molecule has 1 amide bonds.